The van der Waals surface area contributed by atoms with Crippen molar-refractivity contribution in [2.75, 3.05) is 185 Å². The molecule has 0 aliphatic rings. The fourth-order valence-electron chi connectivity index (χ4n) is 0.125. The van der Waals surface area contributed by atoms with Gasteiger partial charge in [-0.25, -0.2) is 35.3 Å². The summed E-state index contributed by atoms with van der Waals surface area (Å²) >= 11 is 1.75. The lowest BCUT2D eigenvalue weighted by Crippen LogP contribution is -2.28. The quantitative estimate of drug-likeness (QED) is 0.137. The van der Waals surface area contributed by atoms with Gasteiger partial charge in [0.2, 0.25) is 33.7 Å². The lowest BCUT2D eigenvalue weighted by molar-refractivity contribution is -0.138. The van der Waals surface area contributed by atoms with Crippen LogP contribution in [0.5, 0.6) is 0 Å². The summed E-state index contributed by atoms with van der Waals surface area (Å²) in [6.45, 7) is 11.8. The van der Waals surface area contributed by atoms with Crippen LogP contribution in [0, 0.1) is 0 Å². The smallest absolute Gasteiger partial charge is 0.314 e. The predicted molar refractivity (Wildman–Crippen MR) is 320 cm³/mol. The maximum atomic E-state index is 10.1. The normalized spacial score (nSPS) is 8.57. The molecule has 0 saturated carbocycles. The molecule has 0 bridgehead atoms. The third kappa shape index (κ3) is 616. The number of sulfonamides is 1. The fraction of sp³-hybridized carbons (Fsp3) is 0.814. The van der Waals surface area contributed by atoms with Crippen LogP contribution in [0.2, 0.25) is 0 Å². The van der Waals surface area contributed by atoms with Gasteiger partial charge in [-0.15, -0.1) is 0 Å². The van der Waals surface area contributed by atoms with Crippen molar-refractivity contribution in [3.63, 3.8) is 0 Å². The van der Waals surface area contributed by atoms with Crippen molar-refractivity contribution in [1.29, 1.82) is 0 Å². The number of Topliss-reactive ketones (excluding diaryl/α,β-unsaturated/α-hetero) is 1. The maximum Gasteiger partial charge on any atom is 0.314 e. The molecule has 0 aromatic rings. The Balaban J connectivity index is -0.0000000370. The largest absolute Gasteiger partial charge is 0.469 e. The van der Waals surface area contributed by atoms with E-state index in [1.54, 1.807) is 95.7 Å². The number of sulfone groups is 1. The summed E-state index contributed by atoms with van der Waals surface area (Å²) in [6, 6.07) is -0.157. The molecule has 34 heteroatoms. The van der Waals surface area contributed by atoms with Crippen LogP contribution >= 0.6 is 11.8 Å². The van der Waals surface area contributed by atoms with Crippen molar-refractivity contribution in [2.24, 2.45) is 0 Å². The molecule has 0 aliphatic carbocycles. The number of amides is 6. The van der Waals surface area contributed by atoms with Gasteiger partial charge in [-0.1, -0.05) is 0 Å². The Morgan fingerprint density at radius 2 is 0.597 bits per heavy atom. The number of nitrogens with one attached hydrogen (secondary N) is 7. The molecule has 0 radical (unpaired) electrons. The van der Waals surface area contributed by atoms with Crippen molar-refractivity contribution in [3.8, 4) is 0 Å². The Hall–Kier alpha value is -4.13. The average Bonchev–Trinajstić information content (AvgIpc) is 3.27. The molecule has 0 fully saturated rings. The highest BCUT2D eigenvalue weighted by atomic mass is 32.2. The van der Waals surface area contributed by atoms with E-state index in [0.717, 1.165) is 32.1 Å². The van der Waals surface area contributed by atoms with E-state index in [2.05, 4.69) is 54.4 Å². The molecular weight excluding hydrogens is 1120 g/mol. The monoisotopic (exact) mass is 1230 g/mol. The Labute approximate surface area is 475 Å². The van der Waals surface area contributed by atoms with Crippen molar-refractivity contribution < 1.29 is 86.2 Å². The van der Waals surface area contributed by atoms with Crippen LogP contribution in [0.1, 0.15) is 55.4 Å². The fourth-order valence-corrected chi connectivity index (χ4v) is 0.125. The number of thioether (sulfide) groups is 1. The molecule has 6 amide bonds. The van der Waals surface area contributed by atoms with Crippen LogP contribution in [-0.4, -0.2) is 277 Å². The second-order valence-corrected chi connectivity index (χ2v) is 22.0. The van der Waals surface area contributed by atoms with Gasteiger partial charge in [0.15, 0.2) is 0 Å². The summed E-state index contributed by atoms with van der Waals surface area (Å²) in [5, 5.41) is 12.3. The molecule has 7 N–H and O–H groups in total. The lowest BCUT2D eigenvalue weighted by Gasteiger charge is -2.02. The zero-order chi connectivity index (χ0) is 66.9. The van der Waals surface area contributed by atoms with E-state index in [1.165, 1.54) is 86.5 Å². The molecule has 77 heavy (non-hydrogen) atoms. The van der Waals surface area contributed by atoms with Crippen molar-refractivity contribution in [2.45, 2.75) is 55.4 Å². The van der Waals surface area contributed by atoms with E-state index in [-0.39, 0.29) is 47.4 Å². The topological polar surface area (TPSA) is 387 Å². The van der Waals surface area contributed by atoms with E-state index >= 15 is 0 Å². The minimum atomic E-state index is -3.16. The zero-order valence-electron chi connectivity index (χ0n) is 53.6. The summed E-state index contributed by atoms with van der Waals surface area (Å²) in [5.74, 6) is -0.130. The van der Waals surface area contributed by atoms with Crippen molar-refractivity contribution in [1.82, 2.24) is 50.7 Å². The Bertz CT molecular complexity index is 1500. The van der Waals surface area contributed by atoms with E-state index in [1.807, 2.05) is 52.6 Å². The number of methoxy groups -OCH3 is 3. The van der Waals surface area contributed by atoms with Crippen LogP contribution in [-0.2, 0) is 92.9 Å². The van der Waals surface area contributed by atoms with E-state index in [0.29, 0.717) is 0 Å². The molecule has 0 heterocycles. The highest BCUT2D eigenvalue weighted by Crippen LogP contribution is 1.76. The Morgan fingerprint density at radius 1 is 0.494 bits per heavy atom. The van der Waals surface area contributed by atoms with Gasteiger partial charge in [-0.2, -0.15) is 20.2 Å². The molecule has 0 aliphatic heterocycles. The molecule has 0 aromatic carbocycles. The molecule has 1 atom stereocenters. The van der Waals surface area contributed by atoms with Gasteiger partial charge in [0.1, 0.15) is 15.6 Å². The highest BCUT2D eigenvalue weighted by Gasteiger charge is 1.91. The number of ether oxygens (including phenoxy) is 3. The number of nitrogens with zero attached hydrogens (tertiary/aromatic N) is 3. The average molecular weight is 1230 g/mol. The minimum Gasteiger partial charge on any atom is -0.469 e. The summed E-state index contributed by atoms with van der Waals surface area (Å²) < 4.78 is 89.4. The van der Waals surface area contributed by atoms with Crippen molar-refractivity contribution >= 4 is 100 Å². The maximum absolute atomic E-state index is 10.1. The molecule has 0 saturated heterocycles. The zero-order valence-corrected chi connectivity index (χ0v) is 57.7. The van der Waals surface area contributed by atoms with Gasteiger partial charge in [-0.3, -0.25) is 33.0 Å². The van der Waals surface area contributed by atoms with Crippen LogP contribution in [0.15, 0.2) is 0 Å². The molecule has 0 rings (SSSR count). The number of carbonyl (C=O) groups is 8. The number of hydrogen-bond donors (Lipinski definition) is 7. The van der Waals surface area contributed by atoms with E-state index in [9.17, 15) is 67.8 Å². The summed E-state index contributed by atoms with van der Waals surface area (Å²) in [5.41, 5.74) is 0. The first-order valence-corrected chi connectivity index (χ1v) is 30.5. The van der Waals surface area contributed by atoms with Crippen LogP contribution < -0.4 is 36.0 Å². The SMILES string of the molecule is CC(=O)N(C)C.CC(=O)N(C)C.CC(C)=O.CN(C)C.CNC.CNC(=O)NC.CNC(C)=O.CNC(C)=O.CNS(C)(=O)=O.CNS(C)=O.COC.COC(C)=O.COC(C)=O.COS(C)(=O)=O.CS(C)(=O)=O.CSC. The first-order valence-electron chi connectivity index (χ1n) is 21.3. The number of rotatable bonds is 3. The molecule has 478 valence electrons. The summed E-state index contributed by atoms with van der Waals surface area (Å²) in [4.78, 5) is 83.2. The molecule has 1 unspecified atom stereocenters. The lowest BCUT2D eigenvalue weighted by atomic mass is 10.6. The highest BCUT2D eigenvalue weighted by molar-refractivity contribution is 7.97. The number of carbonyl (C=O) groups excluding carboxylic acids is 8. The first kappa shape index (κ1) is 116. The van der Waals surface area contributed by atoms with Crippen LogP contribution in [0.25, 0.3) is 0 Å². The third-order valence-corrected chi connectivity index (χ3v) is 5.88. The number of urea groups is 1. The minimum absolute atomic E-state index is 0.00463. The van der Waals surface area contributed by atoms with Gasteiger partial charge in [0.25, 0.3) is 10.1 Å². The number of hydrogen-bond acceptors (Lipinski definition) is 22. The van der Waals surface area contributed by atoms with Crippen LogP contribution in [0.4, 0.5) is 4.79 Å². The summed E-state index contributed by atoms with van der Waals surface area (Å²) in [6.07, 6.45) is 10.1. The van der Waals surface area contributed by atoms with Gasteiger partial charge < -0.3 is 60.3 Å². The second-order valence-electron chi connectivity index (χ2n) is 13.9. The van der Waals surface area contributed by atoms with Crippen LogP contribution in [0.3, 0.4) is 0 Å². The molecule has 29 nitrogen and oxygen atoms in total. The molecule has 0 spiro atoms. The first-order chi connectivity index (χ1) is 34.3. The van der Waals surface area contributed by atoms with E-state index in [4.69, 9.17) is 0 Å². The Kier molecular flexibility index (Phi) is 143. The van der Waals surface area contributed by atoms with Gasteiger partial charge >= 0.3 is 18.0 Å². The van der Waals surface area contributed by atoms with Gasteiger partial charge in [0.05, 0.1) is 44.8 Å². The third-order valence-electron chi connectivity index (χ3n) is 3.95. The number of ketones is 1. The second kappa shape index (κ2) is 94.3. The van der Waals surface area contributed by atoms with Gasteiger partial charge in [0, 0.05) is 131 Å². The number of esters is 2. The Morgan fingerprint density at radius 3 is 0.597 bits per heavy atom. The van der Waals surface area contributed by atoms with E-state index < -0.39 is 41.0 Å². The summed E-state index contributed by atoms with van der Waals surface area (Å²) in [7, 11) is 23.5. The molecule has 0 aromatic heterocycles. The standard InChI is InChI=1S/2C4H9NO.C3H8N2O.2C3H7NO.C3H9N.2C3H6O2.C3H6O.C2H7NO2S.C2H7NOS.C2H7N.C2H6O3S.C2H6O2S.C2H6O.C2H6S/c2*1-4(6)5(2)3;1-4-3(6)5-2;2*1-3(5)4-2;1-4(2)3;2*1-3(4)5-2;1-3(2)4;1-3-6(2,4)5;1-3-5(2)4;1-3-2;1-5-6(2,3)4;1-5(2,3)4;2*1-3-2/h2*1-3H3;1-2H3,(H2,4,5,6);2*1-2H3,(H,4,5);1-3H3;2*1-2H3;1-2H3;3H,1-2H3;3H,1-2H3;3H,1-2H3;1-2H3;1-2H3;2*1-2H3. The van der Waals surface area contributed by atoms with Crippen molar-refractivity contribution in [3.05, 3.63) is 0 Å². The van der Waals surface area contributed by atoms with Gasteiger partial charge in [-0.05, 0) is 75.7 Å². The molecular formula is C43H112N10O19S5. The predicted octanol–water partition coefficient (Wildman–Crippen LogP) is -0.634.